The second-order valence-electron chi connectivity index (χ2n) is 4.33. The molecule has 1 aromatic heterocycles. The van der Waals surface area contributed by atoms with E-state index in [-0.39, 0.29) is 13.0 Å². The number of fused-ring (bicyclic) bond motifs is 1. The lowest BCUT2D eigenvalue weighted by molar-refractivity contribution is -0.152. The number of carbonyl (C=O) groups is 1. The fourth-order valence-corrected chi connectivity index (χ4v) is 1.91. The standard InChI is InChI=1S/C15H17NO4/c1-3-20-15(18)14(17)9-11-5-4-10-8-12(19-2)6-7-13(10)16-11/h4-8,14,17H,3,9H2,1-2H3. The Hall–Kier alpha value is -2.14. The van der Waals surface area contributed by atoms with Gasteiger partial charge in [0.15, 0.2) is 6.10 Å². The van der Waals surface area contributed by atoms with Crippen LogP contribution in [0.5, 0.6) is 5.75 Å². The third-order valence-corrected chi connectivity index (χ3v) is 2.92. The minimum atomic E-state index is -1.18. The van der Waals surface area contributed by atoms with E-state index in [9.17, 15) is 9.90 Å². The van der Waals surface area contributed by atoms with E-state index in [0.29, 0.717) is 5.69 Å². The van der Waals surface area contributed by atoms with E-state index in [1.807, 2.05) is 24.3 Å². The van der Waals surface area contributed by atoms with Crippen LogP contribution >= 0.6 is 0 Å². The molecule has 0 fully saturated rings. The lowest BCUT2D eigenvalue weighted by Crippen LogP contribution is -2.25. The quantitative estimate of drug-likeness (QED) is 0.841. The molecule has 5 heteroatoms. The van der Waals surface area contributed by atoms with Gasteiger partial charge in [-0.1, -0.05) is 6.07 Å². The van der Waals surface area contributed by atoms with E-state index in [4.69, 9.17) is 9.47 Å². The van der Waals surface area contributed by atoms with E-state index in [1.54, 1.807) is 20.1 Å². The van der Waals surface area contributed by atoms with Gasteiger partial charge in [0, 0.05) is 17.5 Å². The van der Waals surface area contributed by atoms with Crippen LogP contribution in [-0.4, -0.2) is 35.9 Å². The molecule has 0 spiro atoms. The number of rotatable bonds is 5. The number of methoxy groups -OCH3 is 1. The Morgan fingerprint density at radius 3 is 2.85 bits per heavy atom. The first-order valence-electron chi connectivity index (χ1n) is 6.42. The van der Waals surface area contributed by atoms with Crippen LogP contribution in [0.1, 0.15) is 12.6 Å². The van der Waals surface area contributed by atoms with Gasteiger partial charge >= 0.3 is 5.97 Å². The van der Waals surface area contributed by atoms with Crippen molar-refractivity contribution in [1.29, 1.82) is 0 Å². The van der Waals surface area contributed by atoms with Crippen molar-refractivity contribution in [1.82, 2.24) is 4.98 Å². The van der Waals surface area contributed by atoms with Gasteiger partial charge in [-0.3, -0.25) is 4.98 Å². The first-order chi connectivity index (χ1) is 9.63. The number of nitrogens with zero attached hydrogens (tertiary/aromatic N) is 1. The number of aliphatic hydroxyl groups excluding tert-OH is 1. The maximum absolute atomic E-state index is 11.4. The SMILES string of the molecule is CCOC(=O)C(O)Cc1ccc2cc(OC)ccc2n1. The molecule has 0 saturated carbocycles. The minimum absolute atomic E-state index is 0.140. The largest absolute Gasteiger partial charge is 0.497 e. The number of benzene rings is 1. The van der Waals surface area contributed by atoms with Gasteiger partial charge in [0.25, 0.3) is 0 Å². The molecule has 1 heterocycles. The van der Waals surface area contributed by atoms with Crippen LogP contribution in [0.15, 0.2) is 30.3 Å². The Kier molecular flexibility index (Phi) is 4.53. The first kappa shape index (κ1) is 14.3. The fraction of sp³-hybridized carbons (Fsp3) is 0.333. The van der Waals surface area contributed by atoms with Crippen molar-refractivity contribution in [2.45, 2.75) is 19.4 Å². The highest BCUT2D eigenvalue weighted by molar-refractivity contribution is 5.80. The van der Waals surface area contributed by atoms with E-state index in [1.165, 1.54) is 0 Å². The second-order valence-corrected chi connectivity index (χ2v) is 4.33. The summed E-state index contributed by atoms with van der Waals surface area (Å²) < 4.78 is 9.91. The number of aromatic nitrogens is 1. The highest BCUT2D eigenvalue weighted by Crippen LogP contribution is 2.20. The monoisotopic (exact) mass is 275 g/mol. The molecule has 1 unspecified atom stereocenters. The predicted molar refractivity (Wildman–Crippen MR) is 74.6 cm³/mol. The zero-order valence-electron chi connectivity index (χ0n) is 11.5. The molecule has 1 atom stereocenters. The molecule has 0 bridgehead atoms. The summed E-state index contributed by atoms with van der Waals surface area (Å²) in [5, 5.41) is 10.7. The van der Waals surface area contributed by atoms with Crippen molar-refractivity contribution in [3.05, 3.63) is 36.0 Å². The lowest BCUT2D eigenvalue weighted by atomic mass is 10.1. The third kappa shape index (κ3) is 3.24. The number of hydrogen-bond acceptors (Lipinski definition) is 5. The van der Waals surface area contributed by atoms with Gasteiger partial charge in [0.1, 0.15) is 5.75 Å². The first-order valence-corrected chi connectivity index (χ1v) is 6.42. The van der Waals surface area contributed by atoms with E-state index >= 15 is 0 Å². The van der Waals surface area contributed by atoms with Crippen molar-refractivity contribution >= 4 is 16.9 Å². The Morgan fingerprint density at radius 2 is 2.15 bits per heavy atom. The zero-order valence-corrected chi connectivity index (χ0v) is 11.5. The minimum Gasteiger partial charge on any atom is -0.497 e. The van der Waals surface area contributed by atoms with Crippen LogP contribution in [0.25, 0.3) is 10.9 Å². The molecule has 1 N–H and O–H groups in total. The molecule has 0 amide bonds. The van der Waals surface area contributed by atoms with Crippen LogP contribution in [0.4, 0.5) is 0 Å². The number of aliphatic hydroxyl groups is 1. The summed E-state index contributed by atoms with van der Waals surface area (Å²) in [5.74, 6) is 0.141. The third-order valence-electron chi connectivity index (χ3n) is 2.92. The average Bonchev–Trinajstić information content (AvgIpc) is 2.46. The van der Waals surface area contributed by atoms with Gasteiger partial charge in [0.2, 0.25) is 0 Å². The summed E-state index contributed by atoms with van der Waals surface area (Å²) in [7, 11) is 1.61. The van der Waals surface area contributed by atoms with E-state index in [0.717, 1.165) is 16.7 Å². The number of ether oxygens (including phenoxy) is 2. The summed E-state index contributed by atoms with van der Waals surface area (Å²) >= 11 is 0. The van der Waals surface area contributed by atoms with Crippen LogP contribution in [0, 0.1) is 0 Å². The maximum Gasteiger partial charge on any atom is 0.335 e. The Labute approximate surface area is 117 Å². The lowest BCUT2D eigenvalue weighted by Gasteiger charge is -2.10. The number of esters is 1. The molecule has 0 saturated heterocycles. The number of carbonyl (C=O) groups excluding carboxylic acids is 1. The van der Waals surface area contributed by atoms with Crippen molar-refractivity contribution in [3.63, 3.8) is 0 Å². The van der Waals surface area contributed by atoms with Crippen molar-refractivity contribution in [2.75, 3.05) is 13.7 Å². The molecule has 0 aliphatic carbocycles. The number of hydrogen-bond donors (Lipinski definition) is 1. The van der Waals surface area contributed by atoms with Gasteiger partial charge in [0.05, 0.1) is 19.2 Å². The van der Waals surface area contributed by atoms with Gasteiger partial charge < -0.3 is 14.6 Å². The Morgan fingerprint density at radius 1 is 1.35 bits per heavy atom. The molecule has 5 nitrogen and oxygen atoms in total. The van der Waals surface area contributed by atoms with E-state index in [2.05, 4.69) is 4.98 Å². The van der Waals surface area contributed by atoms with Crippen LogP contribution in [0.3, 0.4) is 0 Å². The van der Waals surface area contributed by atoms with Crippen molar-refractivity contribution in [3.8, 4) is 5.75 Å². The molecule has 0 radical (unpaired) electrons. The summed E-state index contributed by atoms with van der Waals surface area (Å²) in [4.78, 5) is 15.8. The summed E-state index contributed by atoms with van der Waals surface area (Å²) in [6.45, 7) is 1.95. The molecular weight excluding hydrogens is 258 g/mol. The molecule has 1 aromatic carbocycles. The smallest absolute Gasteiger partial charge is 0.335 e. The van der Waals surface area contributed by atoms with E-state index < -0.39 is 12.1 Å². The van der Waals surface area contributed by atoms with Gasteiger partial charge in [-0.25, -0.2) is 4.79 Å². The summed E-state index contributed by atoms with van der Waals surface area (Å²) in [6, 6.07) is 9.21. The second kappa shape index (κ2) is 6.34. The summed E-state index contributed by atoms with van der Waals surface area (Å²) in [6.07, 6.45) is -1.04. The van der Waals surface area contributed by atoms with Crippen molar-refractivity contribution in [2.24, 2.45) is 0 Å². The Balaban J connectivity index is 2.17. The Bertz CT molecular complexity index is 612. The average molecular weight is 275 g/mol. The zero-order chi connectivity index (χ0) is 14.5. The maximum atomic E-state index is 11.4. The van der Waals surface area contributed by atoms with Crippen LogP contribution < -0.4 is 4.74 Å². The topological polar surface area (TPSA) is 68.7 Å². The molecular formula is C15H17NO4. The highest BCUT2D eigenvalue weighted by atomic mass is 16.5. The van der Waals surface area contributed by atoms with Crippen LogP contribution in [0.2, 0.25) is 0 Å². The van der Waals surface area contributed by atoms with Gasteiger partial charge in [-0.05, 0) is 31.2 Å². The normalized spacial score (nSPS) is 12.2. The molecule has 20 heavy (non-hydrogen) atoms. The van der Waals surface area contributed by atoms with Crippen LogP contribution in [-0.2, 0) is 16.0 Å². The van der Waals surface area contributed by atoms with Crippen molar-refractivity contribution < 1.29 is 19.4 Å². The molecule has 2 rings (SSSR count). The summed E-state index contributed by atoms with van der Waals surface area (Å²) in [5.41, 5.74) is 1.43. The predicted octanol–water partition coefficient (Wildman–Crippen LogP) is 1.71. The van der Waals surface area contributed by atoms with Gasteiger partial charge in [-0.15, -0.1) is 0 Å². The molecule has 2 aromatic rings. The fourth-order valence-electron chi connectivity index (χ4n) is 1.91. The number of pyridine rings is 1. The molecule has 0 aliphatic heterocycles. The molecule has 106 valence electrons. The van der Waals surface area contributed by atoms with Gasteiger partial charge in [-0.2, -0.15) is 0 Å². The highest BCUT2D eigenvalue weighted by Gasteiger charge is 2.17. The molecule has 0 aliphatic rings.